The molecule has 1 aliphatic carbocycles. The van der Waals surface area contributed by atoms with Gasteiger partial charge in [-0.25, -0.2) is 0 Å². The molecular weight excluding hydrogens is 202 g/mol. The number of hydrogen-bond donors (Lipinski definition) is 2. The monoisotopic (exact) mass is 227 g/mol. The Hall–Kier alpha value is -0.120. The molecule has 16 heavy (non-hydrogen) atoms. The van der Waals surface area contributed by atoms with Crippen LogP contribution in [-0.4, -0.2) is 36.5 Å². The summed E-state index contributed by atoms with van der Waals surface area (Å²) in [4.78, 5) is 0. The molecule has 0 radical (unpaired) electrons. The molecule has 2 N–H and O–H groups in total. The number of hydrogen-bond acceptors (Lipinski definition) is 3. The van der Waals surface area contributed by atoms with Gasteiger partial charge in [0.2, 0.25) is 0 Å². The minimum Gasteiger partial charge on any atom is -0.396 e. The minimum absolute atomic E-state index is 0.333. The molecule has 4 atom stereocenters. The maximum Gasteiger partial charge on any atom is 0.0700 e. The van der Waals surface area contributed by atoms with Gasteiger partial charge in [-0.15, -0.1) is 0 Å². The van der Waals surface area contributed by atoms with Crippen molar-refractivity contribution in [1.29, 1.82) is 0 Å². The third-order valence-corrected chi connectivity index (χ3v) is 4.20. The second-order valence-corrected chi connectivity index (χ2v) is 5.32. The van der Waals surface area contributed by atoms with Crippen LogP contribution < -0.4 is 5.32 Å². The predicted octanol–water partition coefficient (Wildman–Crippen LogP) is 1.69. The Morgan fingerprint density at radius 3 is 2.62 bits per heavy atom. The second-order valence-electron chi connectivity index (χ2n) is 5.32. The van der Waals surface area contributed by atoms with Crippen LogP contribution in [0.25, 0.3) is 0 Å². The van der Waals surface area contributed by atoms with Crippen LogP contribution in [0.2, 0.25) is 0 Å². The summed E-state index contributed by atoms with van der Waals surface area (Å²) in [6, 6.07) is 0.999. The van der Waals surface area contributed by atoms with Crippen molar-refractivity contribution in [3.63, 3.8) is 0 Å². The Morgan fingerprint density at radius 2 is 1.94 bits per heavy atom. The van der Waals surface area contributed by atoms with Crippen LogP contribution >= 0.6 is 0 Å². The summed E-state index contributed by atoms with van der Waals surface area (Å²) in [5.41, 5.74) is 0. The van der Waals surface area contributed by atoms with Gasteiger partial charge >= 0.3 is 0 Å². The highest BCUT2D eigenvalue weighted by atomic mass is 16.5. The summed E-state index contributed by atoms with van der Waals surface area (Å²) in [6.45, 7) is 3.37. The molecule has 94 valence electrons. The van der Waals surface area contributed by atoms with E-state index in [4.69, 9.17) is 4.74 Å². The summed E-state index contributed by atoms with van der Waals surface area (Å²) in [5.74, 6) is 0.454. The van der Waals surface area contributed by atoms with Gasteiger partial charge in [0.25, 0.3) is 0 Å². The van der Waals surface area contributed by atoms with Crippen molar-refractivity contribution in [2.75, 3.05) is 13.2 Å². The SMILES string of the molecule is CC1OCCC1NC1CCCCCC1CO. The van der Waals surface area contributed by atoms with Crippen LogP contribution in [0.5, 0.6) is 0 Å². The molecule has 0 aromatic heterocycles. The van der Waals surface area contributed by atoms with Crippen LogP contribution in [0.4, 0.5) is 0 Å². The Balaban J connectivity index is 1.89. The van der Waals surface area contributed by atoms with E-state index >= 15 is 0 Å². The van der Waals surface area contributed by atoms with Crippen LogP contribution in [0.1, 0.15) is 45.4 Å². The molecule has 0 aromatic rings. The molecule has 3 heteroatoms. The molecule has 0 spiro atoms. The smallest absolute Gasteiger partial charge is 0.0700 e. The van der Waals surface area contributed by atoms with Crippen LogP contribution in [0, 0.1) is 5.92 Å². The lowest BCUT2D eigenvalue weighted by atomic mass is 9.94. The number of rotatable bonds is 3. The molecule has 4 unspecified atom stereocenters. The lowest BCUT2D eigenvalue weighted by Crippen LogP contribution is -2.46. The van der Waals surface area contributed by atoms with Gasteiger partial charge in [0.05, 0.1) is 6.10 Å². The Kier molecular flexibility index (Phi) is 4.62. The lowest BCUT2D eigenvalue weighted by molar-refractivity contribution is 0.103. The Labute approximate surface area is 98.6 Å². The molecule has 1 aliphatic heterocycles. The highest BCUT2D eigenvalue weighted by Gasteiger charge is 2.30. The Bertz CT molecular complexity index is 210. The van der Waals surface area contributed by atoms with E-state index in [0.717, 1.165) is 13.0 Å². The minimum atomic E-state index is 0.333. The van der Waals surface area contributed by atoms with E-state index < -0.39 is 0 Å². The van der Waals surface area contributed by atoms with E-state index in [0.29, 0.717) is 30.7 Å². The van der Waals surface area contributed by atoms with Gasteiger partial charge in [0.1, 0.15) is 0 Å². The van der Waals surface area contributed by atoms with E-state index in [1.54, 1.807) is 0 Å². The van der Waals surface area contributed by atoms with Gasteiger partial charge in [0, 0.05) is 25.3 Å². The average molecular weight is 227 g/mol. The highest BCUT2D eigenvalue weighted by Crippen LogP contribution is 2.25. The number of ether oxygens (including phenoxy) is 1. The molecule has 1 heterocycles. The summed E-state index contributed by atoms with van der Waals surface area (Å²) in [7, 11) is 0. The van der Waals surface area contributed by atoms with Crippen molar-refractivity contribution >= 4 is 0 Å². The third-order valence-electron chi connectivity index (χ3n) is 4.20. The molecule has 0 amide bonds. The number of nitrogens with one attached hydrogen (secondary N) is 1. The van der Waals surface area contributed by atoms with Crippen molar-refractivity contribution in [2.24, 2.45) is 5.92 Å². The quantitative estimate of drug-likeness (QED) is 0.721. The van der Waals surface area contributed by atoms with Gasteiger partial charge in [-0.2, -0.15) is 0 Å². The molecule has 3 nitrogen and oxygen atoms in total. The Morgan fingerprint density at radius 1 is 1.12 bits per heavy atom. The zero-order chi connectivity index (χ0) is 11.4. The molecule has 0 bridgehead atoms. The first kappa shape index (κ1) is 12.3. The van der Waals surface area contributed by atoms with Crippen molar-refractivity contribution in [3.8, 4) is 0 Å². The number of aliphatic hydroxyl groups excluding tert-OH is 1. The largest absolute Gasteiger partial charge is 0.396 e. The van der Waals surface area contributed by atoms with Gasteiger partial charge in [-0.1, -0.05) is 19.3 Å². The molecule has 1 saturated carbocycles. The van der Waals surface area contributed by atoms with Gasteiger partial charge in [0.15, 0.2) is 0 Å². The van der Waals surface area contributed by atoms with Crippen molar-refractivity contribution in [1.82, 2.24) is 5.32 Å². The standard InChI is InChI=1S/C13H25NO2/c1-10-12(7-8-16-10)14-13-6-4-2-3-5-11(13)9-15/h10-15H,2-9H2,1H3. The summed E-state index contributed by atoms with van der Waals surface area (Å²) >= 11 is 0. The van der Waals surface area contributed by atoms with Crippen LogP contribution in [0.15, 0.2) is 0 Å². The molecule has 2 aliphatic rings. The maximum atomic E-state index is 9.46. The predicted molar refractivity (Wildman–Crippen MR) is 64.4 cm³/mol. The van der Waals surface area contributed by atoms with E-state index in [9.17, 15) is 5.11 Å². The molecule has 0 aromatic carbocycles. The number of aliphatic hydroxyl groups is 1. The van der Waals surface area contributed by atoms with E-state index in [2.05, 4.69) is 12.2 Å². The average Bonchev–Trinajstić information content (AvgIpc) is 2.56. The normalized spacial score (nSPS) is 40.9. The molecule has 2 rings (SSSR count). The highest BCUT2D eigenvalue weighted by molar-refractivity contribution is 4.87. The fourth-order valence-electron chi connectivity index (χ4n) is 3.05. The molecule has 2 fully saturated rings. The third kappa shape index (κ3) is 2.96. The first-order chi connectivity index (χ1) is 7.81. The van der Waals surface area contributed by atoms with Crippen molar-refractivity contribution in [3.05, 3.63) is 0 Å². The zero-order valence-electron chi connectivity index (χ0n) is 10.3. The zero-order valence-corrected chi connectivity index (χ0v) is 10.3. The molecular formula is C13H25NO2. The fourth-order valence-corrected chi connectivity index (χ4v) is 3.05. The van der Waals surface area contributed by atoms with E-state index in [1.165, 1.54) is 32.1 Å². The van der Waals surface area contributed by atoms with Crippen LogP contribution in [-0.2, 0) is 4.74 Å². The first-order valence-corrected chi connectivity index (χ1v) is 6.79. The van der Waals surface area contributed by atoms with E-state index in [-0.39, 0.29) is 0 Å². The van der Waals surface area contributed by atoms with Crippen molar-refractivity contribution < 1.29 is 9.84 Å². The summed E-state index contributed by atoms with van der Waals surface area (Å²) in [6.07, 6.45) is 7.75. The van der Waals surface area contributed by atoms with Crippen LogP contribution in [0.3, 0.4) is 0 Å². The lowest BCUT2D eigenvalue weighted by Gasteiger charge is -2.29. The van der Waals surface area contributed by atoms with Crippen molar-refractivity contribution in [2.45, 2.75) is 63.6 Å². The summed E-state index contributed by atoms with van der Waals surface area (Å²) < 4.78 is 5.58. The molecule has 1 saturated heterocycles. The second kappa shape index (κ2) is 5.99. The van der Waals surface area contributed by atoms with Gasteiger partial charge in [-0.3, -0.25) is 0 Å². The maximum absolute atomic E-state index is 9.46. The van der Waals surface area contributed by atoms with E-state index in [1.807, 2.05) is 0 Å². The van der Waals surface area contributed by atoms with Gasteiger partial charge < -0.3 is 15.2 Å². The fraction of sp³-hybridized carbons (Fsp3) is 1.00. The summed E-state index contributed by atoms with van der Waals surface area (Å²) in [5, 5.41) is 13.2. The van der Waals surface area contributed by atoms with Gasteiger partial charge in [-0.05, 0) is 32.1 Å². The topological polar surface area (TPSA) is 41.5 Å². The first-order valence-electron chi connectivity index (χ1n) is 6.79.